The summed E-state index contributed by atoms with van der Waals surface area (Å²) < 4.78 is 19.0. The molecule has 4 heteroatoms. The van der Waals surface area contributed by atoms with Crippen LogP contribution in [0.1, 0.15) is 36.5 Å². The lowest BCUT2D eigenvalue weighted by Gasteiger charge is -2.33. The van der Waals surface area contributed by atoms with Crippen molar-refractivity contribution in [3.8, 4) is 11.8 Å². The summed E-state index contributed by atoms with van der Waals surface area (Å²) in [6.45, 7) is 7.09. The molecule has 3 aromatic carbocycles. The molecule has 0 aliphatic carbocycles. The summed E-state index contributed by atoms with van der Waals surface area (Å²) >= 11 is 0. The number of benzene rings is 3. The summed E-state index contributed by atoms with van der Waals surface area (Å²) in [5.74, 6) is 6.02. The van der Waals surface area contributed by atoms with Crippen LogP contribution in [0.5, 0.6) is 0 Å². The fourth-order valence-electron chi connectivity index (χ4n) is 3.72. The van der Waals surface area contributed by atoms with Crippen LogP contribution in [0, 0.1) is 11.8 Å². The molecule has 0 fully saturated rings. The van der Waals surface area contributed by atoms with Crippen LogP contribution in [0.4, 0.5) is 0 Å². The van der Waals surface area contributed by atoms with Gasteiger partial charge in [-0.2, -0.15) is 0 Å². The van der Waals surface area contributed by atoms with E-state index < -0.39 is 24.4 Å². The van der Waals surface area contributed by atoms with Gasteiger partial charge < -0.3 is 19.3 Å². The van der Waals surface area contributed by atoms with Gasteiger partial charge in [-0.1, -0.05) is 110 Å². The van der Waals surface area contributed by atoms with Gasteiger partial charge in [-0.3, -0.25) is 0 Å². The third kappa shape index (κ3) is 9.11. The second-order valence-corrected chi connectivity index (χ2v) is 8.54. The van der Waals surface area contributed by atoms with Gasteiger partial charge >= 0.3 is 0 Å². The van der Waals surface area contributed by atoms with Crippen LogP contribution in [-0.4, -0.2) is 29.5 Å². The highest BCUT2D eigenvalue weighted by atomic mass is 16.6. The van der Waals surface area contributed by atoms with Crippen molar-refractivity contribution >= 4 is 0 Å². The minimum atomic E-state index is -1.05. The van der Waals surface area contributed by atoms with Crippen molar-refractivity contribution in [2.45, 2.75) is 64.0 Å². The first-order valence-corrected chi connectivity index (χ1v) is 12.5. The number of rotatable bonds is 14. The summed E-state index contributed by atoms with van der Waals surface area (Å²) in [5.41, 5.74) is 3.05. The number of hydrogen-bond donors (Lipinski definition) is 1. The van der Waals surface area contributed by atoms with E-state index in [-0.39, 0.29) is 0 Å². The fraction of sp³-hybridized carbons (Fsp3) is 0.312. The minimum Gasteiger partial charge on any atom is -0.378 e. The Hall–Kier alpha value is -3.20. The summed E-state index contributed by atoms with van der Waals surface area (Å²) in [6, 6.07) is 29.7. The molecule has 0 aliphatic heterocycles. The lowest BCUT2D eigenvalue weighted by molar-refractivity contribution is -0.160. The topological polar surface area (TPSA) is 47.9 Å². The number of ether oxygens (including phenoxy) is 3. The van der Waals surface area contributed by atoms with Crippen molar-refractivity contribution in [1.82, 2.24) is 0 Å². The van der Waals surface area contributed by atoms with Gasteiger partial charge in [0, 0.05) is 6.42 Å². The quantitative estimate of drug-likeness (QED) is 0.222. The zero-order chi connectivity index (χ0) is 25.4. The molecular formula is C32H36O4. The Kier molecular flexibility index (Phi) is 12.0. The first-order chi connectivity index (χ1) is 17.7. The van der Waals surface area contributed by atoms with Crippen LogP contribution in [0.15, 0.2) is 104 Å². The van der Waals surface area contributed by atoms with Gasteiger partial charge in [0.2, 0.25) is 0 Å². The number of unbranched alkanes of at least 4 members (excludes halogenated alkanes) is 1. The molecule has 0 spiro atoms. The molecule has 0 heterocycles. The largest absolute Gasteiger partial charge is 0.378 e. The normalized spacial score (nSPS) is 14.2. The molecule has 0 saturated carbocycles. The molecule has 0 saturated heterocycles. The summed E-state index contributed by atoms with van der Waals surface area (Å²) in [7, 11) is 0. The number of hydrogen-bond acceptors (Lipinski definition) is 4. The maximum absolute atomic E-state index is 11.1. The zero-order valence-corrected chi connectivity index (χ0v) is 21.0. The second kappa shape index (κ2) is 15.7. The van der Waals surface area contributed by atoms with Crippen molar-refractivity contribution in [2.24, 2.45) is 0 Å². The van der Waals surface area contributed by atoms with Gasteiger partial charge in [0.1, 0.15) is 24.4 Å². The van der Waals surface area contributed by atoms with E-state index in [9.17, 15) is 5.11 Å². The lowest BCUT2D eigenvalue weighted by Crippen LogP contribution is -2.47. The third-order valence-corrected chi connectivity index (χ3v) is 5.67. The van der Waals surface area contributed by atoms with E-state index in [0.29, 0.717) is 26.2 Å². The van der Waals surface area contributed by atoms with Crippen LogP contribution in [-0.2, 0) is 34.0 Å². The van der Waals surface area contributed by atoms with Crippen LogP contribution in [0.3, 0.4) is 0 Å². The first kappa shape index (κ1) is 27.4. The van der Waals surface area contributed by atoms with Crippen LogP contribution < -0.4 is 0 Å². The minimum absolute atomic E-state index is 0.311. The monoisotopic (exact) mass is 484 g/mol. The molecule has 0 amide bonds. The lowest BCUT2D eigenvalue weighted by atomic mass is 10.0. The maximum Gasteiger partial charge on any atom is 0.143 e. The Morgan fingerprint density at radius 3 is 1.61 bits per heavy atom. The molecule has 0 radical (unpaired) electrons. The van der Waals surface area contributed by atoms with E-state index in [0.717, 1.165) is 23.1 Å². The summed E-state index contributed by atoms with van der Waals surface area (Å²) in [4.78, 5) is 0. The molecule has 0 bridgehead atoms. The second-order valence-electron chi connectivity index (χ2n) is 8.54. The highest BCUT2D eigenvalue weighted by Crippen LogP contribution is 2.21. The Morgan fingerprint density at radius 2 is 1.17 bits per heavy atom. The average molecular weight is 485 g/mol. The van der Waals surface area contributed by atoms with E-state index in [1.165, 1.54) is 0 Å². The fourth-order valence-corrected chi connectivity index (χ4v) is 3.72. The van der Waals surface area contributed by atoms with E-state index in [4.69, 9.17) is 14.2 Å². The maximum atomic E-state index is 11.1. The van der Waals surface area contributed by atoms with Crippen molar-refractivity contribution in [1.29, 1.82) is 0 Å². The van der Waals surface area contributed by atoms with Crippen LogP contribution >= 0.6 is 0 Å². The Morgan fingerprint density at radius 1 is 0.722 bits per heavy atom. The van der Waals surface area contributed by atoms with Gasteiger partial charge in [-0.25, -0.2) is 0 Å². The number of aliphatic hydroxyl groups is 1. The van der Waals surface area contributed by atoms with Gasteiger partial charge in [-0.15, -0.1) is 12.5 Å². The first-order valence-electron chi connectivity index (χ1n) is 12.5. The molecular weight excluding hydrogens is 448 g/mol. The Labute approximate surface area is 215 Å². The smallest absolute Gasteiger partial charge is 0.143 e. The highest BCUT2D eigenvalue weighted by Gasteiger charge is 2.35. The Bertz CT molecular complexity index is 1060. The molecule has 3 rings (SSSR count). The molecule has 4 atom stereocenters. The third-order valence-electron chi connectivity index (χ3n) is 5.67. The van der Waals surface area contributed by atoms with Crippen molar-refractivity contribution in [3.63, 3.8) is 0 Å². The molecule has 1 N–H and O–H groups in total. The predicted molar refractivity (Wildman–Crippen MR) is 144 cm³/mol. The van der Waals surface area contributed by atoms with E-state index in [2.05, 4.69) is 25.3 Å². The standard InChI is InChI=1S/C32H36O4/c1-3-5-9-22-29(33)31(35-24-27-18-12-7-13-19-27)32(36-25-28-20-14-8-15-21-28)30(4-2)34-23-26-16-10-6-11-17-26/h4,6-8,10-21,29-33H,2-3,5,23-25H2,1H3/t29-,30+,31+,32+/m1/s1. The van der Waals surface area contributed by atoms with Crippen molar-refractivity contribution in [2.75, 3.05) is 0 Å². The number of aliphatic hydroxyl groups excluding tert-OH is 1. The van der Waals surface area contributed by atoms with Crippen LogP contribution in [0.2, 0.25) is 0 Å². The van der Waals surface area contributed by atoms with Crippen molar-refractivity contribution in [3.05, 3.63) is 120 Å². The molecule has 4 nitrogen and oxygen atoms in total. The van der Waals surface area contributed by atoms with Gasteiger partial charge in [0.25, 0.3) is 0 Å². The Balaban J connectivity index is 1.85. The molecule has 0 aliphatic rings. The predicted octanol–water partition coefficient (Wildman–Crippen LogP) is 6.09. The van der Waals surface area contributed by atoms with E-state index in [1.807, 2.05) is 91.0 Å². The molecule has 188 valence electrons. The zero-order valence-electron chi connectivity index (χ0n) is 21.0. The average Bonchev–Trinajstić information content (AvgIpc) is 2.93. The van der Waals surface area contributed by atoms with Crippen LogP contribution in [0.25, 0.3) is 0 Å². The van der Waals surface area contributed by atoms with E-state index >= 15 is 0 Å². The van der Waals surface area contributed by atoms with Gasteiger partial charge in [-0.05, 0) is 23.1 Å². The molecule has 3 aromatic rings. The molecule has 0 unspecified atom stereocenters. The van der Waals surface area contributed by atoms with E-state index in [1.54, 1.807) is 6.08 Å². The SMILES string of the molecule is C=C[C@H](OCc1ccccc1)[C@H](OCc1ccccc1)[C@@H](OCc1ccccc1)[C@H](O)C#CCCC. The molecule has 0 aromatic heterocycles. The van der Waals surface area contributed by atoms with Gasteiger partial charge in [0.05, 0.1) is 19.8 Å². The summed E-state index contributed by atoms with van der Waals surface area (Å²) in [6.07, 6.45) is 0.356. The molecule has 36 heavy (non-hydrogen) atoms. The van der Waals surface area contributed by atoms with Gasteiger partial charge in [0.15, 0.2) is 0 Å². The summed E-state index contributed by atoms with van der Waals surface area (Å²) in [5, 5.41) is 11.1. The highest BCUT2D eigenvalue weighted by molar-refractivity contribution is 5.17. The van der Waals surface area contributed by atoms with Crippen molar-refractivity contribution < 1.29 is 19.3 Å².